The van der Waals surface area contributed by atoms with Crippen molar-refractivity contribution >= 4 is 29.8 Å². The zero-order valence-corrected chi connectivity index (χ0v) is 15.8. The van der Waals surface area contributed by atoms with Crippen LogP contribution < -0.4 is 10.6 Å². The van der Waals surface area contributed by atoms with E-state index in [1.807, 2.05) is 7.05 Å². The van der Waals surface area contributed by atoms with E-state index in [-0.39, 0.29) is 27.9 Å². The lowest BCUT2D eigenvalue weighted by molar-refractivity contribution is -0.127. The molecule has 7 heteroatoms. The maximum atomic E-state index is 11.3. The van der Waals surface area contributed by atoms with Gasteiger partial charge in [-0.3, -0.25) is 9.59 Å². The Morgan fingerprint density at radius 1 is 1.20 bits per heavy atom. The van der Waals surface area contributed by atoms with E-state index >= 15 is 0 Å². The van der Waals surface area contributed by atoms with Crippen LogP contribution >= 0.6 is 0 Å². The molecular formula is C13H30N2O3Si2. The second-order valence-electron chi connectivity index (χ2n) is 5.75. The Bertz CT molecular complexity index is 299. The first-order chi connectivity index (χ1) is 9.37. The summed E-state index contributed by atoms with van der Waals surface area (Å²) in [6.07, 6.45) is 2.14. The number of nitrogens with one attached hydrogen (secondary N) is 2. The molecule has 0 aromatic carbocycles. The van der Waals surface area contributed by atoms with Gasteiger partial charge in [0.15, 0.2) is 8.32 Å². The van der Waals surface area contributed by atoms with Crippen LogP contribution in [0.3, 0.4) is 0 Å². The van der Waals surface area contributed by atoms with Crippen molar-refractivity contribution in [1.29, 1.82) is 0 Å². The molecule has 0 aliphatic heterocycles. The predicted octanol–water partition coefficient (Wildman–Crippen LogP) is 0.805. The van der Waals surface area contributed by atoms with Crippen LogP contribution in [-0.2, 0) is 13.7 Å². The molecule has 0 radical (unpaired) electrons. The van der Waals surface area contributed by atoms with Crippen molar-refractivity contribution in [3.8, 4) is 0 Å². The van der Waals surface area contributed by atoms with Gasteiger partial charge < -0.3 is 14.7 Å². The monoisotopic (exact) mass is 318 g/mol. The molecule has 0 atom stereocenters. The molecule has 0 fully saturated rings. The molecule has 0 aliphatic carbocycles. The Labute approximate surface area is 126 Å². The van der Waals surface area contributed by atoms with Crippen molar-refractivity contribution in [2.75, 3.05) is 20.1 Å². The molecule has 0 saturated carbocycles. The smallest absolute Gasteiger partial charge is 0.227 e. The quantitative estimate of drug-likeness (QED) is 0.317. The first kappa shape index (κ1) is 19.5. The maximum absolute atomic E-state index is 11.3. The topological polar surface area (TPSA) is 67.4 Å². The Kier molecular flexibility index (Phi) is 10.9. The third-order valence-corrected chi connectivity index (χ3v) is 9.29. The molecule has 0 heterocycles. The van der Waals surface area contributed by atoms with Crippen LogP contribution in [0.1, 0.15) is 26.2 Å². The Hall–Kier alpha value is -0.506. The molecule has 2 N–H and O–H groups in total. The number of Topliss-reactive ketones (excluding diaryl/α,β-unsaturated/α-hetero) is 1. The molecular weight excluding hydrogens is 288 g/mol. The highest BCUT2D eigenvalue weighted by Crippen LogP contribution is 2.13. The fourth-order valence-corrected chi connectivity index (χ4v) is 6.70. The third kappa shape index (κ3) is 12.5. The third-order valence-electron chi connectivity index (χ3n) is 3.00. The van der Waals surface area contributed by atoms with Gasteiger partial charge in [-0.15, -0.1) is 0 Å². The average molecular weight is 319 g/mol. The normalized spacial score (nSPS) is 12.0. The van der Waals surface area contributed by atoms with Crippen LogP contribution in [-0.4, -0.2) is 49.9 Å². The van der Waals surface area contributed by atoms with E-state index in [4.69, 9.17) is 4.12 Å². The largest absolute Gasteiger partial charge is 0.460 e. The summed E-state index contributed by atoms with van der Waals surface area (Å²) in [5.41, 5.74) is 0. The van der Waals surface area contributed by atoms with Crippen molar-refractivity contribution in [2.45, 2.75) is 51.4 Å². The Morgan fingerprint density at radius 2 is 1.90 bits per heavy atom. The van der Waals surface area contributed by atoms with Crippen molar-refractivity contribution in [3.63, 3.8) is 0 Å². The lowest BCUT2D eigenvalue weighted by Crippen LogP contribution is -2.34. The summed E-state index contributed by atoms with van der Waals surface area (Å²) in [6.45, 7) is 7.64. The average Bonchev–Trinajstić information content (AvgIpc) is 2.33. The van der Waals surface area contributed by atoms with Crippen LogP contribution in [0.25, 0.3) is 0 Å². The number of rotatable bonds is 12. The lowest BCUT2D eigenvalue weighted by Gasteiger charge is -2.23. The van der Waals surface area contributed by atoms with Gasteiger partial charge >= 0.3 is 0 Å². The number of carbonyl (C=O) groups is 2. The molecule has 1 amide bonds. The first-order valence-corrected chi connectivity index (χ1v) is 12.1. The number of carbonyl (C=O) groups excluding carboxylic acids is 2. The minimum atomic E-state index is -1.54. The molecule has 0 aliphatic rings. The highest BCUT2D eigenvalue weighted by Gasteiger charge is 2.20. The molecule has 118 valence electrons. The Balaban J connectivity index is 3.61. The molecule has 5 nitrogen and oxygen atoms in total. The Morgan fingerprint density at radius 3 is 2.50 bits per heavy atom. The minimum absolute atomic E-state index is 0.00427. The van der Waals surface area contributed by atoms with Crippen LogP contribution in [0.5, 0.6) is 0 Å². The summed E-state index contributed by atoms with van der Waals surface area (Å²) in [5.74, 6) is -0.257. The lowest BCUT2D eigenvalue weighted by atomic mass is 10.3. The van der Waals surface area contributed by atoms with Gasteiger partial charge in [-0.25, -0.2) is 0 Å². The van der Waals surface area contributed by atoms with E-state index in [9.17, 15) is 9.59 Å². The summed E-state index contributed by atoms with van der Waals surface area (Å²) in [4.78, 5) is 22.1. The van der Waals surface area contributed by atoms with Crippen LogP contribution in [0, 0.1) is 0 Å². The van der Waals surface area contributed by atoms with Crippen molar-refractivity contribution in [2.24, 2.45) is 0 Å². The van der Waals surface area contributed by atoms with Crippen LogP contribution in [0.15, 0.2) is 0 Å². The number of hydrogen-bond donors (Lipinski definition) is 2. The maximum Gasteiger partial charge on any atom is 0.227 e. The summed E-state index contributed by atoms with van der Waals surface area (Å²) >= 11 is 0. The second-order valence-corrected chi connectivity index (χ2v) is 12.0. The minimum Gasteiger partial charge on any atom is -0.460 e. The molecule has 20 heavy (non-hydrogen) atoms. The predicted molar refractivity (Wildman–Crippen MR) is 88.2 cm³/mol. The van der Waals surface area contributed by atoms with Crippen LogP contribution in [0.4, 0.5) is 0 Å². The van der Waals surface area contributed by atoms with Crippen LogP contribution in [0.2, 0.25) is 25.2 Å². The molecule has 0 aromatic rings. The molecule has 0 saturated heterocycles. The highest BCUT2D eigenvalue weighted by atomic mass is 28.4. The van der Waals surface area contributed by atoms with E-state index < -0.39 is 8.32 Å². The van der Waals surface area contributed by atoms with Crippen molar-refractivity contribution in [3.05, 3.63) is 0 Å². The van der Waals surface area contributed by atoms with Gasteiger partial charge in [-0.1, -0.05) is 0 Å². The molecule has 0 unspecified atom stereocenters. The summed E-state index contributed by atoms with van der Waals surface area (Å²) in [6, 6.07) is 2.29. The van der Waals surface area contributed by atoms with Gasteiger partial charge in [0.1, 0.15) is 15.5 Å². The summed E-state index contributed by atoms with van der Waals surface area (Å²) in [7, 11) is 0.0408. The van der Waals surface area contributed by atoms with E-state index in [2.05, 4.69) is 23.7 Å². The molecule has 0 bridgehead atoms. The highest BCUT2D eigenvalue weighted by molar-refractivity contribution is 6.75. The summed E-state index contributed by atoms with van der Waals surface area (Å²) in [5, 5.41) is 5.93. The SMILES string of the molecule is CNCCC[SiH2]O[Si](C)(C)CCCNC(=O)CC(C)=O. The van der Waals surface area contributed by atoms with Gasteiger partial charge in [0.25, 0.3) is 0 Å². The van der Waals surface area contributed by atoms with Gasteiger partial charge in [-0.2, -0.15) is 0 Å². The van der Waals surface area contributed by atoms with E-state index in [0.717, 1.165) is 19.0 Å². The second kappa shape index (κ2) is 11.2. The molecule has 0 aromatic heterocycles. The first-order valence-electron chi connectivity index (χ1n) is 7.42. The van der Waals surface area contributed by atoms with Crippen molar-refractivity contribution < 1.29 is 13.7 Å². The van der Waals surface area contributed by atoms with Gasteiger partial charge in [0, 0.05) is 6.54 Å². The molecule has 0 spiro atoms. The molecule has 0 rings (SSSR count). The zero-order valence-electron chi connectivity index (χ0n) is 13.4. The van der Waals surface area contributed by atoms with Crippen molar-refractivity contribution in [1.82, 2.24) is 10.6 Å². The van der Waals surface area contributed by atoms with E-state index in [1.54, 1.807) is 0 Å². The summed E-state index contributed by atoms with van der Waals surface area (Å²) < 4.78 is 6.13. The van der Waals surface area contributed by atoms with Gasteiger partial charge in [0.2, 0.25) is 5.91 Å². The van der Waals surface area contributed by atoms with Gasteiger partial charge in [0.05, 0.1) is 6.42 Å². The number of hydrogen-bond acceptors (Lipinski definition) is 4. The standard InChI is InChI=1S/C13H30N2O3Si2/c1-12(16)11-13(17)15-8-6-10-20(3,4)18-19-9-5-7-14-2/h14H,5-11,19H2,1-4H3,(H,15,17). The fourth-order valence-electron chi connectivity index (χ4n) is 1.85. The zero-order chi connectivity index (χ0) is 15.4. The van der Waals surface area contributed by atoms with Gasteiger partial charge in [-0.05, 0) is 58.5 Å². The fraction of sp³-hybridized carbons (Fsp3) is 0.846. The number of amides is 1. The van der Waals surface area contributed by atoms with E-state index in [1.165, 1.54) is 19.4 Å². The van der Waals surface area contributed by atoms with E-state index in [0.29, 0.717) is 6.54 Å². The number of ketones is 1.